The van der Waals surface area contributed by atoms with Crippen LogP contribution in [0.25, 0.3) is 0 Å². The Bertz CT molecular complexity index is 1810. The first kappa shape index (κ1) is 50.9. The molecule has 0 aromatic rings. The Kier molecular flexibility index (Phi) is 13.7. The second-order valence-electron chi connectivity index (χ2n) is 23.6. The van der Waals surface area contributed by atoms with Crippen molar-refractivity contribution in [2.75, 3.05) is 13.2 Å². The second kappa shape index (κ2) is 17.7. The number of aliphatic hydroxyl groups is 10. The van der Waals surface area contributed by atoms with Crippen molar-refractivity contribution in [1.29, 1.82) is 0 Å². The van der Waals surface area contributed by atoms with Crippen LogP contribution in [0.2, 0.25) is 0 Å². The average molecular weight is 943 g/mol. The number of allylic oxidation sites excluding steroid dienone is 2. The number of carboxylic acids is 1. The summed E-state index contributed by atoms with van der Waals surface area (Å²) in [6.45, 7) is 15.5. The number of aliphatic hydroxyl groups excluding tert-OH is 10. The lowest BCUT2D eigenvalue weighted by atomic mass is 9.33. The van der Waals surface area contributed by atoms with E-state index in [1.165, 1.54) is 12.5 Å². The van der Waals surface area contributed by atoms with Gasteiger partial charge < -0.3 is 84.6 Å². The van der Waals surface area contributed by atoms with Crippen LogP contribution in [0.4, 0.5) is 0 Å². The normalized spacial score (nSPS) is 54.5. The predicted octanol–water partition coefficient (Wildman–Crippen LogP) is 0.705. The van der Waals surface area contributed by atoms with Gasteiger partial charge in [0.15, 0.2) is 18.9 Å². The fourth-order valence-electron chi connectivity index (χ4n) is 15.2. The number of rotatable bonds is 9. The highest BCUT2D eigenvalue weighted by Crippen LogP contribution is 2.76. The quantitative estimate of drug-likeness (QED) is 0.112. The first-order valence-corrected chi connectivity index (χ1v) is 24.3. The van der Waals surface area contributed by atoms with Crippen LogP contribution in [0, 0.1) is 50.2 Å². The molecule has 0 amide bonds. The van der Waals surface area contributed by atoms with E-state index in [1.54, 1.807) is 0 Å². The zero-order valence-electron chi connectivity index (χ0n) is 39.7. The molecule has 0 spiro atoms. The van der Waals surface area contributed by atoms with Gasteiger partial charge in [-0.25, -0.2) is 0 Å². The van der Waals surface area contributed by atoms with Gasteiger partial charge in [-0.2, -0.15) is 0 Å². The van der Waals surface area contributed by atoms with E-state index < -0.39 is 134 Å². The summed E-state index contributed by atoms with van der Waals surface area (Å²) >= 11 is 0. The topological polar surface area (TPSA) is 295 Å². The van der Waals surface area contributed by atoms with E-state index in [4.69, 9.17) is 28.4 Å². The van der Waals surface area contributed by atoms with E-state index in [0.717, 1.165) is 38.5 Å². The molecule has 0 radical (unpaired) electrons. The smallest absolute Gasteiger partial charge is 0.310 e. The number of hydrogen-bond donors (Lipinski definition) is 11. The minimum Gasteiger partial charge on any atom is -0.481 e. The van der Waals surface area contributed by atoms with Crippen LogP contribution in [0.15, 0.2) is 11.6 Å². The Morgan fingerprint density at radius 2 is 1.26 bits per heavy atom. The summed E-state index contributed by atoms with van der Waals surface area (Å²) in [6, 6.07) is 0. The van der Waals surface area contributed by atoms with Crippen LogP contribution in [-0.4, -0.2) is 180 Å². The van der Waals surface area contributed by atoms with E-state index in [2.05, 4.69) is 40.7 Å². The van der Waals surface area contributed by atoms with Gasteiger partial charge in [-0.05, 0) is 110 Å². The molecule has 66 heavy (non-hydrogen) atoms. The van der Waals surface area contributed by atoms with Crippen LogP contribution in [0.1, 0.15) is 113 Å². The van der Waals surface area contributed by atoms with Crippen LogP contribution < -0.4 is 0 Å². The molecule has 5 aliphatic carbocycles. The maximum atomic E-state index is 13.1. The van der Waals surface area contributed by atoms with E-state index in [0.29, 0.717) is 19.3 Å². The van der Waals surface area contributed by atoms with Crippen molar-refractivity contribution in [2.45, 2.75) is 218 Å². The van der Waals surface area contributed by atoms with Gasteiger partial charge in [0.25, 0.3) is 0 Å². The van der Waals surface area contributed by atoms with Crippen LogP contribution in [-0.2, 0) is 33.2 Å². The van der Waals surface area contributed by atoms with Gasteiger partial charge in [-0.3, -0.25) is 4.79 Å². The molecule has 3 saturated heterocycles. The number of carboxylic acid groups (broad SMARTS) is 1. The monoisotopic (exact) mass is 943 g/mol. The van der Waals surface area contributed by atoms with Gasteiger partial charge in [0.05, 0.1) is 36.9 Å². The molecular formula is C48H78O18. The first-order valence-electron chi connectivity index (χ1n) is 24.3. The maximum absolute atomic E-state index is 13.1. The molecule has 8 aliphatic rings. The molecule has 11 N–H and O–H groups in total. The van der Waals surface area contributed by atoms with Crippen LogP contribution >= 0.6 is 0 Å². The molecule has 8 rings (SSSR count). The molecule has 0 aromatic heterocycles. The van der Waals surface area contributed by atoms with E-state index in [-0.39, 0.29) is 39.4 Å². The summed E-state index contributed by atoms with van der Waals surface area (Å²) in [5, 5.41) is 120. The van der Waals surface area contributed by atoms with Gasteiger partial charge in [0, 0.05) is 0 Å². The summed E-state index contributed by atoms with van der Waals surface area (Å²) in [5.41, 5.74) is -0.931. The van der Waals surface area contributed by atoms with Gasteiger partial charge >= 0.3 is 5.97 Å². The van der Waals surface area contributed by atoms with Gasteiger partial charge in [0.1, 0.15) is 67.1 Å². The largest absolute Gasteiger partial charge is 0.481 e. The Labute approximate surface area is 387 Å². The third-order valence-electron chi connectivity index (χ3n) is 19.3. The third-order valence-corrected chi connectivity index (χ3v) is 19.3. The van der Waals surface area contributed by atoms with Gasteiger partial charge in [-0.15, -0.1) is 0 Å². The Morgan fingerprint density at radius 1 is 0.652 bits per heavy atom. The number of aliphatic carboxylic acids is 1. The van der Waals surface area contributed by atoms with Crippen LogP contribution in [0.3, 0.4) is 0 Å². The molecule has 378 valence electrons. The van der Waals surface area contributed by atoms with Crippen molar-refractivity contribution in [3.8, 4) is 0 Å². The fraction of sp³-hybridized carbons (Fsp3) is 0.938. The Hall–Kier alpha value is -1.43. The summed E-state index contributed by atoms with van der Waals surface area (Å²) in [4.78, 5) is 13.1. The van der Waals surface area contributed by atoms with Gasteiger partial charge in [0.2, 0.25) is 0 Å². The van der Waals surface area contributed by atoms with Crippen molar-refractivity contribution >= 4 is 5.97 Å². The number of fused-ring (bicyclic) bond motifs is 7. The lowest BCUT2D eigenvalue weighted by Crippen LogP contribution is -2.69. The standard InChI is InChI=1S/C48H78O18/c1-21-29(52)32(55)34(57)39(61-21)65-37-33(56)30(53)25(19-49)63-41(37)64-36-31(54)26(20-50)62-40(35(36)58)66-38-24(51)18-45(6)27(44(38,4)5)11-12-47(8)28(45)10-9-22-23-17-43(2,3)13-15-48(23,42(59)60)16-14-46(22,47)7/h9,21,23-41,49-58H,10-20H2,1-8H3,(H,59,60). The number of carbonyl (C=O) groups is 1. The Balaban J connectivity index is 1.03. The van der Waals surface area contributed by atoms with E-state index >= 15 is 0 Å². The molecule has 3 heterocycles. The second-order valence-corrected chi connectivity index (χ2v) is 23.6. The summed E-state index contributed by atoms with van der Waals surface area (Å²) < 4.78 is 36.0. The molecule has 4 saturated carbocycles. The van der Waals surface area contributed by atoms with Crippen molar-refractivity contribution < 1.29 is 89.4 Å². The highest BCUT2D eigenvalue weighted by Gasteiger charge is 2.71. The fourth-order valence-corrected chi connectivity index (χ4v) is 15.2. The molecule has 24 atom stereocenters. The van der Waals surface area contributed by atoms with Crippen molar-refractivity contribution in [2.24, 2.45) is 50.2 Å². The van der Waals surface area contributed by atoms with Crippen molar-refractivity contribution in [3.05, 3.63) is 11.6 Å². The lowest BCUT2D eigenvalue weighted by Gasteiger charge is -2.71. The average Bonchev–Trinajstić information content (AvgIpc) is 3.24. The minimum absolute atomic E-state index is 0.0222. The molecular weight excluding hydrogens is 865 g/mol. The highest BCUT2D eigenvalue weighted by molar-refractivity contribution is 5.76. The number of hydrogen-bond acceptors (Lipinski definition) is 17. The summed E-state index contributed by atoms with van der Waals surface area (Å²) in [6.07, 6.45) is -17.5. The maximum Gasteiger partial charge on any atom is 0.310 e. The van der Waals surface area contributed by atoms with Gasteiger partial charge in [-0.1, -0.05) is 60.1 Å². The molecule has 18 heteroatoms. The summed E-state index contributed by atoms with van der Waals surface area (Å²) in [5.74, 6) is -0.539. The van der Waals surface area contributed by atoms with Crippen molar-refractivity contribution in [3.63, 3.8) is 0 Å². The zero-order chi connectivity index (χ0) is 48.4. The Morgan fingerprint density at radius 3 is 1.91 bits per heavy atom. The van der Waals surface area contributed by atoms with E-state index in [9.17, 15) is 61.0 Å². The summed E-state index contributed by atoms with van der Waals surface area (Å²) in [7, 11) is 0. The zero-order valence-corrected chi connectivity index (χ0v) is 39.7. The number of ether oxygens (including phenoxy) is 6. The minimum atomic E-state index is -1.87. The van der Waals surface area contributed by atoms with Crippen molar-refractivity contribution in [1.82, 2.24) is 0 Å². The third kappa shape index (κ3) is 7.78. The van der Waals surface area contributed by atoms with E-state index in [1.807, 2.05) is 13.8 Å². The van der Waals surface area contributed by atoms with Crippen LogP contribution in [0.5, 0.6) is 0 Å². The molecule has 3 aliphatic heterocycles. The SMILES string of the molecule is CC1OC(OC2C(OC3C(O)C(CO)OC(OC4C(O)CC5(C)C(CCC6(C)C5CC=C5C7CC(C)(C)CCC7(C(=O)O)CCC56C)C4(C)C)C3O)OC(CO)C(O)C2O)C(O)C(O)C1O. The molecule has 18 nitrogen and oxygen atoms in total. The highest BCUT2D eigenvalue weighted by atomic mass is 16.8. The molecule has 7 fully saturated rings. The predicted molar refractivity (Wildman–Crippen MR) is 231 cm³/mol. The first-order chi connectivity index (χ1) is 30.7. The lowest BCUT2D eigenvalue weighted by molar-refractivity contribution is -0.393. The molecule has 24 unspecified atom stereocenters. The molecule has 0 aromatic carbocycles. The molecule has 0 bridgehead atoms.